The Morgan fingerprint density at radius 1 is 0.219 bits per heavy atom. The number of aryl methyl sites for hydroxylation is 1. The maximum Gasteiger partial charge on any atom is 0.119 e. The number of aromatic hydroxyl groups is 1. The van der Waals surface area contributed by atoms with Crippen LogP contribution in [0.3, 0.4) is 0 Å². The van der Waals surface area contributed by atoms with Crippen LogP contribution in [0, 0.1) is 0 Å². The van der Waals surface area contributed by atoms with E-state index in [9.17, 15) is 5.11 Å². The summed E-state index contributed by atoms with van der Waals surface area (Å²) < 4.78 is 0. The molecule has 0 bridgehead atoms. The Morgan fingerprint density at radius 3 is 0.641 bits per heavy atom. The Hall–Kier alpha value is -0.980. The molecule has 0 saturated heterocycles. The highest BCUT2D eigenvalue weighted by molar-refractivity contribution is 5.45. The molecule has 378 valence electrons. The second-order valence-corrected chi connectivity index (χ2v) is 21.4. The molecule has 0 atom stereocenters. The number of unbranched alkanes of at least 4 members (excludes halogenated alkanes) is 48. The van der Waals surface area contributed by atoms with Crippen molar-refractivity contribution >= 4 is 0 Å². The van der Waals surface area contributed by atoms with Crippen molar-refractivity contribution in [1.29, 1.82) is 0 Å². The summed E-state index contributed by atoms with van der Waals surface area (Å²) in [6, 6.07) is 4.37. The number of hydrogen-bond donors (Lipinski definition) is 1. The fraction of sp³-hybridized carbons (Fsp3) is 0.905. The topological polar surface area (TPSA) is 20.2 Å². The highest BCUT2D eigenvalue weighted by atomic mass is 16.3. The molecule has 0 radical (unpaired) electrons. The van der Waals surface area contributed by atoms with Gasteiger partial charge in [0.1, 0.15) is 5.75 Å². The number of phenols is 1. The summed E-state index contributed by atoms with van der Waals surface area (Å²) in [4.78, 5) is 0. The molecule has 0 heterocycles. The molecule has 0 saturated carbocycles. The van der Waals surface area contributed by atoms with E-state index in [1.165, 1.54) is 346 Å². The van der Waals surface area contributed by atoms with E-state index in [1.807, 2.05) is 0 Å². The van der Waals surface area contributed by atoms with Gasteiger partial charge in [-0.3, -0.25) is 0 Å². The minimum absolute atomic E-state index is 0.588. The SMILES string of the molecule is CCCCCCCCCCCCCCCCCCCc1ccc(O)c(CCCCCCCCCCCCCCCCCCC)c1CCCCCCCCCCCCCCCCCCC. The molecular weight excluding hydrogens is 773 g/mol. The zero-order chi connectivity index (χ0) is 45.9. The van der Waals surface area contributed by atoms with Gasteiger partial charge in [0.2, 0.25) is 0 Å². The highest BCUT2D eigenvalue weighted by Gasteiger charge is 2.13. The molecule has 1 aromatic rings. The number of phenolic OH excluding ortho intramolecular Hbond substituents is 1. The normalized spacial score (nSPS) is 11.7. The van der Waals surface area contributed by atoms with E-state index in [-0.39, 0.29) is 0 Å². The first kappa shape index (κ1) is 61.0. The molecule has 1 aromatic carbocycles. The van der Waals surface area contributed by atoms with E-state index in [2.05, 4.69) is 32.9 Å². The summed E-state index contributed by atoms with van der Waals surface area (Å²) in [5.41, 5.74) is 4.44. The van der Waals surface area contributed by atoms with Gasteiger partial charge in [-0.25, -0.2) is 0 Å². The number of hydrogen-bond acceptors (Lipinski definition) is 1. The molecule has 0 amide bonds. The minimum atomic E-state index is 0.588. The summed E-state index contributed by atoms with van der Waals surface area (Å²) >= 11 is 0. The van der Waals surface area contributed by atoms with Crippen molar-refractivity contribution in [3.8, 4) is 5.75 Å². The summed E-state index contributed by atoms with van der Waals surface area (Å²) in [7, 11) is 0. The Labute approximate surface area is 405 Å². The van der Waals surface area contributed by atoms with Crippen LogP contribution in [0.25, 0.3) is 0 Å². The number of benzene rings is 1. The molecule has 0 aliphatic carbocycles. The Kier molecular flexibility index (Phi) is 49.0. The van der Waals surface area contributed by atoms with Crippen LogP contribution in [0.5, 0.6) is 5.75 Å². The van der Waals surface area contributed by atoms with Crippen molar-refractivity contribution < 1.29 is 5.11 Å². The van der Waals surface area contributed by atoms with Crippen LogP contribution in [0.2, 0.25) is 0 Å². The van der Waals surface area contributed by atoms with Gasteiger partial charge >= 0.3 is 0 Å². The first-order chi connectivity index (χ1) is 31.7. The lowest BCUT2D eigenvalue weighted by Gasteiger charge is -2.17. The zero-order valence-electron chi connectivity index (χ0n) is 44.8. The van der Waals surface area contributed by atoms with Crippen molar-refractivity contribution in [3.05, 3.63) is 28.8 Å². The van der Waals surface area contributed by atoms with E-state index in [0.717, 1.165) is 6.42 Å². The maximum atomic E-state index is 11.2. The lowest BCUT2D eigenvalue weighted by molar-refractivity contribution is 0.463. The van der Waals surface area contributed by atoms with Gasteiger partial charge in [0.05, 0.1) is 0 Å². The predicted octanol–water partition coefficient (Wildman–Crippen LogP) is 23.0. The summed E-state index contributed by atoms with van der Waals surface area (Å²) in [5.74, 6) is 0.588. The first-order valence-electron chi connectivity index (χ1n) is 30.6. The molecule has 0 unspecified atom stereocenters. The average molecular weight is 894 g/mol. The van der Waals surface area contributed by atoms with Crippen molar-refractivity contribution in [2.75, 3.05) is 0 Å². The van der Waals surface area contributed by atoms with Crippen LogP contribution in [0.15, 0.2) is 12.1 Å². The van der Waals surface area contributed by atoms with Crippen molar-refractivity contribution in [3.63, 3.8) is 0 Å². The molecule has 64 heavy (non-hydrogen) atoms. The second-order valence-electron chi connectivity index (χ2n) is 21.4. The Morgan fingerprint density at radius 2 is 0.406 bits per heavy atom. The first-order valence-corrected chi connectivity index (χ1v) is 30.6. The van der Waals surface area contributed by atoms with Crippen molar-refractivity contribution in [2.24, 2.45) is 0 Å². The predicted molar refractivity (Wildman–Crippen MR) is 292 cm³/mol. The summed E-state index contributed by atoms with van der Waals surface area (Å²) in [6.45, 7) is 6.94. The summed E-state index contributed by atoms with van der Waals surface area (Å²) in [6.07, 6.45) is 76.1. The molecule has 0 fully saturated rings. The van der Waals surface area contributed by atoms with Gasteiger partial charge in [-0.2, -0.15) is 0 Å². The van der Waals surface area contributed by atoms with E-state index >= 15 is 0 Å². The van der Waals surface area contributed by atoms with Crippen LogP contribution in [0.4, 0.5) is 0 Å². The maximum absolute atomic E-state index is 11.2. The van der Waals surface area contributed by atoms with Crippen LogP contribution < -0.4 is 0 Å². The van der Waals surface area contributed by atoms with Crippen molar-refractivity contribution in [2.45, 2.75) is 367 Å². The van der Waals surface area contributed by atoms with Crippen LogP contribution in [0.1, 0.15) is 365 Å². The molecule has 0 aliphatic heterocycles. The smallest absolute Gasteiger partial charge is 0.119 e. The molecular formula is C63H120O. The third-order valence-corrected chi connectivity index (χ3v) is 15.1. The zero-order valence-corrected chi connectivity index (χ0v) is 44.8. The molecule has 1 heteroatoms. The fourth-order valence-electron chi connectivity index (χ4n) is 10.6. The monoisotopic (exact) mass is 893 g/mol. The average Bonchev–Trinajstić information content (AvgIpc) is 3.30. The fourth-order valence-corrected chi connectivity index (χ4v) is 10.6. The third kappa shape index (κ3) is 41.2. The third-order valence-electron chi connectivity index (χ3n) is 15.1. The highest BCUT2D eigenvalue weighted by Crippen LogP contribution is 2.30. The largest absolute Gasteiger partial charge is 0.508 e. The van der Waals surface area contributed by atoms with Gasteiger partial charge in [0, 0.05) is 0 Å². The molecule has 0 aromatic heterocycles. The van der Waals surface area contributed by atoms with Gasteiger partial charge in [-0.15, -0.1) is 0 Å². The molecule has 0 spiro atoms. The second kappa shape index (κ2) is 51.4. The summed E-state index contributed by atoms with van der Waals surface area (Å²) in [5, 5.41) is 11.2. The minimum Gasteiger partial charge on any atom is -0.508 e. The van der Waals surface area contributed by atoms with Gasteiger partial charge in [0.15, 0.2) is 0 Å². The van der Waals surface area contributed by atoms with Crippen molar-refractivity contribution in [1.82, 2.24) is 0 Å². The van der Waals surface area contributed by atoms with E-state index in [0.29, 0.717) is 5.75 Å². The number of rotatable bonds is 54. The van der Waals surface area contributed by atoms with Crippen LogP contribution in [-0.4, -0.2) is 5.11 Å². The lowest BCUT2D eigenvalue weighted by Crippen LogP contribution is -2.03. The van der Waals surface area contributed by atoms with E-state index < -0.39 is 0 Å². The Balaban J connectivity index is 2.35. The van der Waals surface area contributed by atoms with E-state index in [1.54, 1.807) is 11.1 Å². The molecule has 1 nitrogen and oxygen atoms in total. The van der Waals surface area contributed by atoms with Gasteiger partial charge in [-0.05, 0) is 61.3 Å². The molecule has 0 aliphatic rings. The van der Waals surface area contributed by atoms with Gasteiger partial charge in [0.25, 0.3) is 0 Å². The van der Waals surface area contributed by atoms with Crippen LogP contribution in [-0.2, 0) is 19.3 Å². The van der Waals surface area contributed by atoms with Gasteiger partial charge < -0.3 is 5.11 Å². The lowest BCUT2D eigenvalue weighted by atomic mass is 9.89. The van der Waals surface area contributed by atoms with Crippen LogP contribution >= 0.6 is 0 Å². The van der Waals surface area contributed by atoms with Gasteiger partial charge in [-0.1, -0.05) is 335 Å². The molecule has 1 N–H and O–H groups in total. The van der Waals surface area contributed by atoms with E-state index in [4.69, 9.17) is 0 Å². The molecule has 1 rings (SSSR count). The standard InChI is InChI=1S/C63H120O/c1-4-7-10-13-16-19-22-25-28-31-34-37-40-43-46-49-52-55-60-58-59-63(64)62(57-54-51-48-45-42-39-36-33-30-27-24-21-18-15-12-9-6-3)61(60)56-53-50-47-44-41-38-35-32-29-26-23-20-17-14-11-8-5-2/h58-59,64H,4-57H2,1-3H3. The Bertz CT molecular complexity index is 1030. The quantitative estimate of drug-likeness (QED) is 0.0646.